The van der Waals surface area contributed by atoms with Gasteiger partial charge in [-0.25, -0.2) is 0 Å². The lowest BCUT2D eigenvalue weighted by Gasteiger charge is -2.13. The number of hydrogen-bond donors (Lipinski definition) is 1. The summed E-state index contributed by atoms with van der Waals surface area (Å²) in [6, 6.07) is 5.50. The maximum absolute atomic E-state index is 11.7. The first-order chi connectivity index (χ1) is 12.3. The van der Waals surface area contributed by atoms with Gasteiger partial charge in [0, 0.05) is 18.2 Å². The van der Waals surface area contributed by atoms with E-state index in [0.717, 1.165) is 11.1 Å². The summed E-state index contributed by atoms with van der Waals surface area (Å²) in [6.07, 6.45) is 8.80. The molecule has 1 amide bonds. The number of benzene rings is 1. The zero-order chi connectivity index (χ0) is 19.7. The van der Waals surface area contributed by atoms with Crippen molar-refractivity contribution in [3.63, 3.8) is 0 Å². The lowest BCUT2D eigenvalue weighted by atomic mass is 9.85. The molecule has 4 nitrogen and oxygen atoms in total. The van der Waals surface area contributed by atoms with Crippen LogP contribution in [0.2, 0.25) is 0 Å². The first kappa shape index (κ1) is 21.9. The highest BCUT2D eigenvalue weighted by Gasteiger charge is 2.40. The Morgan fingerprint density at radius 1 is 1.15 bits per heavy atom. The number of nitrogens with one attached hydrogen (secondary N) is 1. The molecule has 0 aromatic heterocycles. The average Bonchev–Trinajstić information content (AvgIpc) is 2.84. The van der Waals surface area contributed by atoms with Crippen molar-refractivity contribution in [1.29, 1.82) is 0 Å². The molecule has 0 radical (unpaired) electrons. The Labute approximate surface area is 158 Å². The van der Waals surface area contributed by atoms with Crippen molar-refractivity contribution in [3.05, 3.63) is 34.9 Å². The van der Waals surface area contributed by atoms with E-state index in [1.807, 2.05) is 26.0 Å². The van der Waals surface area contributed by atoms with Crippen molar-refractivity contribution in [3.8, 4) is 5.75 Å². The van der Waals surface area contributed by atoms with Crippen LogP contribution in [0.25, 0.3) is 6.08 Å². The fourth-order valence-corrected chi connectivity index (χ4v) is 2.74. The number of ether oxygens (including phenoxy) is 1. The van der Waals surface area contributed by atoms with Crippen molar-refractivity contribution in [2.75, 3.05) is 7.05 Å². The monoisotopic (exact) mass is 359 g/mol. The van der Waals surface area contributed by atoms with E-state index >= 15 is 0 Å². The Morgan fingerprint density at radius 3 is 2.31 bits per heavy atom. The van der Waals surface area contributed by atoms with E-state index in [9.17, 15) is 9.59 Å². The SMILES string of the molecule is CCCCCCC.CNC(=O)/C(C)=C/c1ccc2c(c1)C(C)(C)C(=O)O2. The standard InChI is InChI=1S/C15H17NO3.C7H16/c1-9(13(17)16-4)7-10-5-6-12-11(8-10)15(2,3)14(18)19-12;1-3-5-7-6-4-2/h5-8H,1-4H3,(H,16,17);3-7H2,1-2H3/b9-7+;. The van der Waals surface area contributed by atoms with Crippen molar-refractivity contribution in [2.24, 2.45) is 0 Å². The summed E-state index contributed by atoms with van der Waals surface area (Å²) in [4.78, 5) is 23.2. The van der Waals surface area contributed by atoms with Crippen molar-refractivity contribution in [1.82, 2.24) is 5.32 Å². The van der Waals surface area contributed by atoms with Gasteiger partial charge in [-0.15, -0.1) is 0 Å². The van der Waals surface area contributed by atoms with E-state index in [4.69, 9.17) is 4.74 Å². The molecular formula is C22H33NO3. The Kier molecular flexibility index (Phi) is 8.56. The van der Waals surface area contributed by atoms with Crippen LogP contribution < -0.4 is 10.1 Å². The molecule has 1 aromatic rings. The highest BCUT2D eigenvalue weighted by atomic mass is 16.5. The summed E-state index contributed by atoms with van der Waals surface area (Å²) in [5.41, 5.74) is 1.72. The minimum atomic E-state index is -0.639. The minimum Gasteiger partial charge on any atom is -0.426 e. The van der Waals surface area contributed by atoms with Gasteiger partial charge in [0.2, 0.25) is 5.91 Å². The third-order valence-corrected chi connectivity index (χ3v) is 4.57. The number of rotatable bonds is 6. The second kappa shape index (κ2) is 10.1. The van der Waals surface area contributed by atoms with Crippen molar-refractivity contribution >= 4 is 18.0 Å². The quantitative estimate of drug-likeness (QED) is 0.336. The number of fused-ring (bicyclic) bond motifs is 1. The predicted octanol–water partition coefficient (Wildman–Crippen LogP) is 5.01. The molecule has 0 saturated heterocycles. The Bertz CT molecular complexity index is 655. The summed E-state index contributed by atoms with van der Waals surface area (Å²) >= 11 is 0. The number of amides is 1. The van der Waals surface area contributed by atoms with E-state index in [2.05, 4.69) is 19.2 Å². The van der Waals surface area contributed by atoms with Crippen LogP contribution >= 0.6 is 0 Å². The number of likely N-dealkylation sites (N-methyl/N-ethyl adjacent to an activating group) is 1. The maximum Gasteiger partial charge on any atom is 0.321 e. The molecule has 0 atom stereocenters. The smallest absolute Gasteiger partial charge is 0.321 e. The molecule has 1 aromatic carbocycles. The van der Waals surface area contributed by atoms with Crippen LogP contribution in [-0.4, -0.2) is 18.9 Å². The molecule has 1 heterocycles. The van der Waals surface area contributed by atoms with Crippen LogP contribution in [0.15, 0.2) is 23.8 Å². The van der Waals surface area contributed by atoms with Gasteiger partial charge in [0.25, 0.3) is 0 Å². The van der Waals surface area contributed by atoms with Gasteiger partial charge in [-0.2, -0.15) is 0 Å². The highest BCUT2D eigenvalue weighted by molar-refractivity contribution is 5.97. The van der Waals surface area contributed by atoms with Crippen LogP contribution in [0, 0.1) is 0 Å². The molecule has 2 rings (SSSR count). The van der Waals surface area contributed by atoms with Gasteiger partial charge in [-0.05, 0) is 44.5 Å². The van der Waals surface area contributed by atoms with Crippen molar-refractivity contribution in [2.45, 2.75) is 72.1 Å². The summed E-state index contributed by atoms with van der Waals surface area (Å²) in [5.74, 6) is 0.239. The minimum absolute atomic E-state index is 0.118. The van der Waals surface area contributed by atoms with Crippen LogP contribution in [0.1, 0.15) is 77.8 Å². The number of esters is 1. The highest BCUT2D eigenvalue weighted by Crippen LogP contribution is 2.39. The zero-order valence-electron chi connectivity index (χ0n) is 17.1. The predicted molar refractivity (Wildman–Crippen MR) is 107 cm³/mol. The molecule has 0 unspecified atom stereocenters. The topological polar surface area (TPSA) is 55.4 Å². The molecule has 4 heteroatoms. The Balaban J connectivity index is 0.000000412. The Hall–Kier alpha value is -2.10. The molecule has 0 fully saturated rings. The molecule has 1 aliphatic heterocycles. The normalized spacial score (nSPS) is 14.8. The van der Waals surface area contributed by atoms with Gasteiger partial charge in [-0.3, -0.25) is 9.59 Å². The first-order valence-electron chi connectivity index (χ1n) is 9.55. The third kappa shape index (κ3) is 5.72. The fourth-order valence-electron chi connectivity index (χ4n) is 2.74. The zero-order valence-corrected chi connectivity index (χ0v) is 17.1. The summed E-state index contributed by atoms with van der Waals surface area (Å²) in [5, 5.41) is 2.57. The summed E-state index contributed by atoms with van der Waals surface area (Å²) in [6.45, 7) is 9.91. The van der Waals surface area contributed by atoms with Gasteiger partial charge in [-0.1, -0.05) is 52.0 Å². The lowest BCUT2D eigenvalue weighted by Crippen LogP contribution is -2.25. The summed E-state index contributed by atoms with van der Waals surface area (Å²) < 4.78 is 5.21. The van der Waals surface area contributed by atoms with Crippen LogP contribution in [0.3, 0.4) is 0 Å². The third-order valence-electron chi connectivity index (χ3n) is 4.57. The second-order valence-corrected chi connectivity index (χ2v) is 7.24. The molecular weight excluding hydrogens is 326 g/mol. The molecule has 144 valence electrons. The van der Waals surface area contributed by atoms with Crippen LogP contribution in [0.4, 0.5) is 0 Å². The van der Waals surface area contributed by atoms with Gasteiger partial charge in [0.1, 0.15) is 5.75 Å². The molecule has 1 aliphatic rings. The van der Waals surface area contributed by atoms with Crippen LogP contribution in [-0.2, 0) is 15.0 Å². The molecule has 26 heavy (non-hydrogen) atoms. The van der Waals surface area contributed by atoms with Crippen LogP contribution in [0.5, 0.6) is 5.75 Å². The number of carbonyl (C=O) groups is 2. The average molecular weight is 360 g/mol. The Morgan fingerprint density at radius 2 is 1.77 bits per heavy atom. The number of carbonyl (C=O) groups excluding carboxylic acids is 2. The molecule has 0 bridgehead atoms. The fraction of sp³-hybridized carbons (Fsp3) is 0.545. The number of unbranched alkanes of at least 4 members (excludes halogenated alkanes) is 4. The van der Waals surface area contributed by atoms with Gasteiger partial charge >= 0.3 is 5.97 Å². The van der Waals surface area contributed by atoms with E-state index < -0.39 is 5.41 Å². The molecule has 0 aliphatic carbocycles. The van der Waals surface area contributed by atoms with Crippen molar-refractivity contribution < 1.29 is 14.3 Å². The van der Waals surface area contributed by atoms with E-state index in [-0.39, 0.29) is 11.9 Å². The van der Waals surface area contributed by atoms with Gasteiger partial charge in [0.05, 0.1) is 5.41 Å². The van der Waals surface area contributed by atoms with E-state index in [1.165, 1.54) is 32.1 Å². The van der Waals surface area contributed by atoms with E-state index in [1.54, 1.807) is 26.1 Å². The van der Waals surface area contributed by atoms with Gasteiger partial charge < -0.3 is 10.1 Å². The van der Waals surface area contributed by atoms with E-state index in [0.29, 0.717) is 11.3 Å². The second-order valence-electron chi connectivity index (χ2n) is 7.24. The summed E-state index contributed by atoms with van der Waals surface area (Å²) in [7, 11) is 1.60. The maximum atomic E-state index is 11.7. The molecule has 0 spiro atoms. The molecule has 1 N–H and O–H groups in total. The van der Waals surface area contributed by atoms with Gasteiger partial charge in [0.15, 0.2) is 0 Å². The lowest BCUT2D eigenvalue weighted by molar-refractivity contribution is -0.137. The molecule has 0 saturated carbocycles. The number of hydrogen-bond acceptors (Lipinski definition) is 3. The first-order valence-corrected chi connectivity index (χ1v) is 9.55. The largest absolute Gasteiger partial charge is 0.426 e.